The van der Waals surface area contributed by atoms with Gasteiger partial charge in [-0.3, -0.25) is 4.79 Å². The van der Waals surface area contributed by atoms with Gasteiger partial charge in [0.05, 0.1) is 0 Å². The molecule has 3 N–H and O–H groups in total. The smallest absolute Gasteiger partial charge is 0.407 e. The molecule has 0 fully saturated rings. The molecular weight excluding hydrogens is 408 g/mol. The monoisotopic (exact) mass is 436 g/mol. The number of hydrogen-bond acceptors (Lipinski definition) is 4. The number of rotatable bonds is 10. The standard InChI is InChI=1S/C25H28N2O5/c1-17(24(30)26-14-7-13-23(28)29)8-6-15-27-25(31)32-16-22-20-11-4-2-9-18(20)19-10-3-5-12-21(19)22/h2-5,7,9-13,17,22H,6,8,14-16H2,1H3,(H,26,30)(H,27,31)(H,28,29)/b13-7+. The van der Waals surface area contributed by atoms with Crippen LogP contribution in [-0.4, -0.2) is 42.8 Å². The lowest BCUT2D eigenvalue weighted by Crippen LogP contribution is -2.31. The average Bonchev–Trinajstić information content (AvgIpc) is 3.11. The van der Waals surface area contributed by atoms with Crippen LogP contribution in [0.3, 0.4) is 0 Å². The van der Waals surface area contributed by atoms with Crippen molar-refractivity contribution in [3.8, 4) is 11.1 Å². The normalized spacial score (nSPS) is 13.3. The Bertz CT molecular complexity index is 956. The van der Waals surface area contributed by atoms with Crippen molar-refractivity contribution in [1.82, 2.24) is 10.6 Å². The molecule has 7 heteroatoms. The van der Waals surface area contributed by atoms with Crippen molar-refractivity contribution in [2.75, 3.05) is 19.7 Å². The molecule has 0 spiro atoms. The van der Waals surface area contributed by atoms with Gasteiger partial charge in [0.2, 0.25) is 5.91 Å². The number of carbonyl (C=O) groups excluding carboxylic acids is 2. The van der Waals surface area contributed by atoms with Gasteiger partial charge < -0.3 is 20.5 Å². The van der Waals surface area contributed by atoms with E-state index in [-0.39, 0.29) is 30.9 Å². The molecule has 1 aliphatic carbocycles. The first kappa shape index (κ1) is 23.1. The van der Waals surface area contributed by atoms with E-state index in [0.717, 1.165) is 6.08 Å². The SMILES string of the molecule is CC(CCCNC(=O)OCC1c2ccccc2-c2ccccc21)C(=O)NC/C=C/C(=O)O. The van der Waals surface area contributed by atoms with Crippen LogP contribution in [0.15, 0.2) is 60.7 Å². The molecule has 0 heterocycles. The van der Waals surface area contributed by atoms with Crippen LogP contribution >= 0.6 is 0 Å². The number of amides is 2. The lowest BCUT2D eigenvalue weighted by atomic mass is 9.98. The van der Waals surface area contributed by atoms with Gasteiger partial charge in [-0.15, -0.1) is 0 Å². The molecule has 0 aliphatic heterocycles. The largest absolute Gasteiger partial charge is 0.478 e. The molecule has 2 aromatic rings. The first-order valence-electron chi connectivity index (χ1n) is 10.7. The van der Waals surface area contributed by atoms with Crippen LogP contribution in [0.5, 0.6) is 0 Å². The van der Waals surface area contributed by atoms with Crippen molar-refractivity contribution in [2.24, 2.45) is 5.92 Å². The van der Waals surface area contributed by atoms with Crippen LogP contribution in [0.25, 0.3) is 11.1 Å². The van der Waals surface area contributed by atoms with E-state index < -0.39 is 12.1 Å². The summed E-state index contributed by atoms with van der Waals surface area (Å²) in [5.41, 5.74) is 4.70. The van der Waals surface area contributed by atoms with Gasteiger partial charge in [-0.1, -0.05) is 61.5 Å². The van der Waals surface area contributed by atoms with Crippen molar-refractivity contribution in [3.05, 3.63) is 71.8 Å². The van der Waals surface area contributed by atoms with E-state index >= 15 is 0 Å². The van der Waals surface area contributed by atoms with Gasteiger partial charge in [0.15, 0.2) is 0 Å². The highest BCUT2D eigenvalue weighted by atomic mass is 16.5. The average molecular weight is 437 g/mol. The summed E-state index contributed by atoms with van der Waals surface area (Å²) in [5.74, 6) is -1.42. The summed E-state index contributed by atoms with van der Waals surface area (Å²) in [6.07, 6.45) is 3.12. The number of benzene rings is 2. The van der Waals surface area contributed by atoms with Crippen LogP contribution < -0.4 is 10.6 Å². The summed E-state index contributed by atoms with van der Waals surface area (Å²) >= 11 is 0. The van der Waals surface area contributed by atoms with Gasteiger partial charge >= 0.3 is 12.1 Å². The first-order chi connectivity index (χ1) is 15.5. The van der Waals surface area contributed by atoms with Crippen molar-refractivity contribution >= 4 is 18.0 Å². The minimum Gasteiger partial charge on any atom is -0.478 e. The number of fused-ring (bicyclic) bond motifs is 3. The van der Waals surface area contributed by atoms with Crippen LogP contribution in [0, 0.1) is 5.92 Å². The third-order valence-electron chi connectivity index (χ3n) is 5.53. The Morgan fingerprint density at radius 3 is 2.28 bits per heavy atom. The summed E-state index contributed by atoms with van der Waals surface area (Å²) in [5, 5.41) is 13.9. The van der Waals surface area contributed by atoms with Crippen LogP contribution in [0.2, 0.25) is 0 Å². The van der Waals surface area contributed by atoms with E-state index in [9.17, 15) is 14.4 Å². The summed E-state index contributed by atoms with van der Waals surface area (Å²) in [6, 6.07) is 16.4. The molecule has 7 nitrogen and oxygen atoms in total. The van der Waals surface area contributed by atoms with Crippen molar-refractivity contribution in [3.63, 3.8) is 0 Å². The Hall–Kier alpha value is -3.61. The Morgan fingerprint density at radius 2 is 1.66 bits per heavy atom. The fourth-order valence-electron chi connectivity index (χ4n) is 3.87. The molecule has 32 heavy (non-hydrogen) atoms. The van der Waals surface area contributed by atoms with Gasteiger partial charge in [-0.05, 0) is 35.1 Å². The number of carboxylic acid groups (broad SMARTS) is 1. The summed E-state index contributed by atoms with van der Waals surface area (Å²) in [4.78, 5) is 34.5. The maximum Gasteiger partial charge on any atom is 0.407 e. The molecule has 2 aromatic carbocycles. The Balaban J connectivity index is 1.38. The molecule has 0 bridgehead atoms. The number of carbonyl (C=O) groups is 3. The Labute approximate surface area is 187 Å². The van der Waals surface area contributed by atoms with Crippen LogP contribution in [-0.2, 0) is 14.3 Å². The minimum absolute atomic E-state index is 0.0204. The molecule has 0 saturated carbocycles. The Kier molecular flexibility index (Phi) is 8.02. The molecule has 1 atom stereocenters. The van der Waals surface area contributed by atoms with E-state index in [1.807, 2.05) is 24.3 Å². The zero-order valence-electron chi connectivity index (χ0n) is 18.0. The lowest BCUT2D eigenvalue weighted by Gasteiger charge is -2.15. The Morgan fingerprint density at radius 1 is 1.03 bits per heavy atom. The zero-order valence-corrected chi connectivity index (χ0v) is 18.0. The highest BCUT2D eigenvalue weighted by Crippen LogP contribution is 2.44. The zero-order chi connectivity index (χ0) is 22.9. The molecule has 1 aliphatic rings. The van der Waals surface area contributed by atoms with Gasteiger partial charge in [0, 0.05) is 31.0 Å². The molecule has 2 amide bonds. The molecule has 3 rings (SSSR count). The first-order valence-corrected chi connectivity index (χ1v) is 10.7. The van der Waals surface area contributed by atoms with Crippen molar-refractivity contribution < 1.29 is 24.2 Å². The highest BCUT2D eigenvalue weighted by molar-refractivity contribution is 5.81. The van der Waals surface area contributed by atoms with E-state index in [0.29, 0.717) is 19.4 Å². The number of ether oxygens (including phenoxy) is 1. The number of alkyl carbamates (subject to hydrolysis) is 1. The quantitative estimate of drug-likeness (QED) is 0.389. The van der Waals surface area contributed by atoms with Crippen LogP contribution in [0.4, 0.5) is 4.79 Å². The molecule has 0 aromatic heterocycles. The second kappa shape index (κ2) is 11.1. The molecule has 1 unspecified atom stereocenters. The maximum absolute atomic E-state index is 12.2. The summed E-state index contributed by atoms with van der Waals surface area (Å²) in [7, 11) is 0. The molecular formula is C25H28N2O5. The van der Waals surface area contributed by atoms with Gasteiger partial charge in [0.1, 0.15) is 6.61 Å². The fraction of sp³-hybridized carbons (Fsp3) is 0.320. The number of carboxylic acids is 1. The van der Waals surface area contributed by atoms with E-state index in [2.05, 4.69) is 34.9 Å². The predicted molar refractivity (Wildman–Crippen MR) is 121 cm³/mol. The van der Waals surface area contributed by atoms with Gasteiger partial charge in [-0.25, -0.2) is 9.59 Å². The van der Waals surface area contributed by atoms with E-state index in [1.165, 1.54) is 28.3 Å². The van der Waals surface area contributed by atoms with Gasteiger partial charge in [-0.2, -0.15) is 0 Å². The second-order valence-electron chi connectivity index (χ2n) is 7.78. The van der Waals surface area contributed by atoms with Crippen LogP contribution in [0.1, 0.15) is 36.8 Å². The number of hydrogen-bond donors (Lipinski definition) is 3. The highest BCUT2D eigenvalue weighted by Gasteiger charge is 2.28. The number of nitrogens with one attached hydrogen (secondary N) is 2. The van der Waals surface area contributed by atoms with Crippen molar-refractivity contribution in [2.45, 2.75) is 25.7 Å². The van der Waals surface area contributed by atoms with E-state index in [4.69, 9.17) is 9.84 Å². The third-order valence-corrected chi connectivity index (χ3v) is 5.53. The van der Waals surface area contributed by atoms with Crippen molar-refractivity contribution in [1.29, 1.82) is 0 Å². The summed E-state index contributed by atoms with van der Waals surface area (Å²) < 4.78 is 5.49. The number of aliphatic carboxylic acids is 1. The van der Waals surface area contributed by atoms with E-state index in [1.54, 1.807) is 6.92 Å². The topological polar surface area (TPSA) is 105 Å². The fourth-order valence-corrected chi connectivity index (χ4v) is 3.87. The third kappa shape index (κ3) is 5.97. The second-order valence-corrected chi connectivity index (χ2v) is 7.78. The van der Waals surface area contributed by atoms with Gasteiger partial charge in [0.25, 0.3) is 0 Å². The molecule has 168 valence electrons. The summed E-state index contributed by atoms with van der Waals surface area (Å²) in [6.45, 7) is 2.65. The predicted octanol–water partition coefficient (Wildman–Crippen LogP) is 3.70. The molecule has 0 radical (unpaired) electrons. The minimum atomic E-state index is -1.05. The lowest BCUT2D eigenvalue weighted by molar-refractivity contribution is -0.131. The molecule has 0 saturated heterocycles. The maximum atomic E-state index is 12.2.